The molecule has 106 valence electrons. The summed E-state index contributed by atoms with van der Waals surface area (Å²) >= 11 is 2.01. The van der Waals surface area contributed by atoms with Gasteiger partial charge in [-0.3, -0.25) is 4.99 Å². The minimum Gasteiger partial charge on any atom is -0.370 e. The molecule has 2 fully saturated rings. The van der Waals surface area contributed by atoms with Crippen LogP contribution >= 0.6 is 35.7 Å². The van der Waals surface area contributed by atoms with Gasteiger partial charge in [-0.15, -0.1) is 24.0 Å². The normalized spacial score (nSPS) is 29.8. The van der Waals surface area contributed by atoms with Crippen LogP contribution in [0.25, 0.3) is 0 Å². The predicted octanol–water partition coefficient (Wildman–Crippen LogP) is 2.79. The van der Waals surface area contributed by atoms with Gasteiger partial charge in [-0.25, -0.2) is 0 Å². The largest absolute Gasteiger partial charge is 0.370 e. The van der Waals surface area contributed by atoms with Crippen LogP contribution in [0.3, 0.4) is 0 Å². The van der Waals surface area contributed by atoms with E-state index in [1.165, 1.54) is 37.2 Å². The van der Waals surface area contributed by atoms with Crippen molar-refractivity contribution in [2.24, 2.45) is 22.6 Å². The second-order valence-electron chi connectivity index (χ2n) is 5.42. The van der Waals surface area contributed by atoms with Crippen LogP contribution in [-0.4, -0.2) is 42.0 Å². The van der Waals surface area contributed by atoms with Gasteiger partial charge in [-0.1, -0.05) is 19.8 Å². The first-order valence-corrected chi connectivity index (χ1v) is 8.04. The zero-order valence-corrected chi connectivity index (χ0v) is 14.5. The Kier molecular flexibility index (Phi) is 7.75. The highest BCUT2D eigenvalue weighted by Gasteiger charge is 2.18. The minimum atomic E-state index is 0. The summed E-state index contributed by atoms with van der Waals surface area (Å²) in [5, 5.41) is 0. The second kappa shape index (κ2) is 8.51. The minimum absolute atomic E-state index is 0. The van der Waals surface area contributed by atoms with Crippen LogP contribution in [0.1, 0.15) is 32.6 Å². The molecule has 2 N–H and O–H groups in total. The van der Waals surface area contributed by atoms with Gasteiger partial charge < -0.3 is 10.6 Å². The van der Waals surface area contributed by atoms with Crippen LogP contribution in [0.4, 0.5) is 0 Å². The fraction of sp³-hybridized carbons (Fsp3) is 0.923. The standard InChI is InChI=1S/C13H25N3S.HI/c1-11-2-4-12(5-3-11)10-15-13(14)16-6-8-17-9-7-16;/h11-12H,2-10H2,1H3,(H2,14,15);1H. The van der Waals surface area contributed by atoms with E-state index in [0.717, 1.165) is 37.4 Å². The zero-order chi connectivity index (χ0) is 12.1. The van der Waals surface area contributed by atoms with E-state index in [4.69, 9.17) is 5.73 Å². The van der Waals surface area contributed by atoms with Crippen molar-refractivity contribution in [3.63, 3.8) is 0 Å². The van der Waals surface area contributed by atoms with Gasteiger partial charge in [0.1, 0.15) is 0 Å². The predicted molar refractivity (Wildman–Crippen MR) is 91.9 cm³/mol. The maximum Gasteiger partial charge on any atom is 0.191 e. The summed E-state index contributed by atoms with van der Waals surface area (Å²) in [6, 6.07) is 0. The van der Waals surface area contributed by atoms with Gasteiger partial charge in [-0.05, 0) is 24.7 Å². The number of halogens is 1. The molecule has 18 heavy (non-hydrogen) atoms. The molecule has 5 heteroatoms. The lowest BCUT2D eigenvalue weighted by Crippen LogP contribution is -2.43. The molecule has 2 aliphatic rings. The summed E-state index contributed by atoms with van der Waals surface area (Å²) in [6.07, 6.45) is 5.43. The van der Waals surface area contributed by atoms with Crippen LogP contribution in [0.5, 0.6) is 0 Å². The first-order valence-electron chi connectivity index (χ1n) is 6.88. The Balaban J connectivity index is 0.00000162. The molecule has 1 saturated heterocycles. The molecule has 1 saturated carbocycles. The van der Waals surface area contributed by atoms with Gasteiger partial charge >= 0.3 is 0 Å². The Morgan fingerprint density at radius 1 is 1.22 bits per heavy atom. The summed E-state index contributed by atoms with van der Waals surface area (Å²) in [5.41, 5.74) is 6.06. The Morgan fingerprint density at radius 2 is 1.83 bits per heavy atom. The van der Waals surface area contributed by atoms with Crippen LogP contribution < -0.4 is 5.73 Å². The van der Waals surface area contributed by atoms with Crippen molar-refractivity contribution < 1.29 is 0 Å². The van der Waals surface area contributed by atoms with Gasteiger partial charge in [0.05, 0.1) is 0 Å². The molecular weight excluding hydrogens is 357 g/mol. The van der Waals surface area contributed by atoms with Crippen LogP contribution in [0.2, 0.25) is 0 Å². The molecule has 0 atom stereocenters. The monoisotopic (exact) mass is 383 g/mol. The Labute approximate surface area is 132 Å². The number of nitrogens with zero attached hydrogens (tertiary/aromatic N) is 2. The number of guanidine groups is 1. The molecule has 3 nitrogen and oxygen atoms in total. The van der Waals surface area contributed by atoms with E-state index in [2.05, 4.69) is 16.8 Å². The molecule has 0 unspecified atom stereocenters. The third kappa shape index (κ3) is 5.15. The Hall–Kier alpha value is 0.350. The lowest BCUT2D eigenvalue weighted by Gasteiger charge is -2.28. The summed E-state index contributed by atoms with van der Waals surface area (Å²) in [5.74, 6) is 4.87. The second-order valence-corrected chi connectivity index (χ2v) is 6.65. The lowest BCUT2D eigenvalue weighted by atomic mass is 9.83. The molecule has 0 amide bonds. The van der Waals surface area contributed by atoms with Crippen molar-refractivity contribution in [3.05, 3.63) is 0 Å². The van der Waals surface area contributed by atoms with Crippen molar-refractivity contribution in [2.45, 2.75) is 32.6 Å². The summed E-state index contributed by atoms with van der Waals surface area (Å²) in [4.78, 5) is 6.85. The third-order valence-electron chi connectivity index (χ3n) is 3.98. The first-order chi connectivity index (χ1) is 8.25. The van der Waals surface area contributed by atoms with Crippen molar-refractivity contribution in [2.75, 3.05) is 31.1 Å². The number of thioether (sulfide) groups is 1. The topological polar surface area (TPSA) is 41.6 Å². The SMILES string of the molecule is CC1CCC(CN=C(N)N2CCSCC2)CC1.I. The average molecular weight is 383 g/mol. The smallest absolute Gasteiger partial charge is 0.191 e. The zero-order valence-electron chi connectivity index (χ0n) is 11.3. The summed E-state index contributed by atoms with van der Waals surface area (Å²) in [7, 11) is 0. The van der Waals surface area contributed by atoms with E-state index in [0.29, 0.717) is 0 Å². The molecule has 0 aromatic carbocycles. The molecule has 1 aliphatic heterocycles. The molecule has 1 aliphatic carbocycles. The number of hydrogen-bond acceptors (Lipinski definition) is 2. The number of nitrogens with two attached hydrogens (primary N) is 1. The van der Waals surface area contributed by atoms with Gasteiger partial charge in [-0.2, -0.15) is 11.8 Å². The van der Waals surface area contributed by atoms with Gasteiger partial charge in [0, 0.05) is 31.1 Å². The number of rotatable bonds is 2. The number of hydrogen-bond donors (Lipinski definition) is 1. The van der Waals surface area contributed by atoms with Gasteiger partial charge in [0.2, 0.25) is 0 Å². The summed E-state index contributed by atoms with van der Waals surface area (Å²) < 4.78 is 0. The van der Waals surface area contributed by atoms with E-state index in [9.17, 15) is 0 Å². The van der Waals surface area contributed by atoms with Crippen molar-refractivity contribution >= 4 is 41.7 Å². The molecule has 0 aromatic rings. The molecule has 1 heterocycles. The van der Waals surface area contributed by atoms with E-state index in [-0.39, 0.29) is 24.0 Å². The van der Waals surface area contributed by atoms with Crippen molar-refractivity contribution in [1.82, 2.24) is 4.90 Å². The summed E-state index contributed by atoms with van der Waals surface area (Å²) in [6.45, 7) is 5.45. The molecule has 0 aromatic heterocycles. The number of aliphatic imine (C=N–C) groups is 1. The van der Waals surface area contributed by atoms with Crippen molar-refractivity contribution in [1.29, 1.82) is 0 Å². The highest BCUT2D eigenvalue weighted by atomic mass is 127. The fourth-order valence-electron chi connectivity index (χ4n) is 2.63. The third-order valence-corrected chi connectivity index (χ3v) is 4.92. The van der Waals surface area contributed by atoms with E-state index < -0.39 is 0 Å². The Bertz CT molecular complexity index is 259. The molecule has 0 spiro atoms. The molecular formula is C13H26IN3S. The van der Waals surface area contributed by atoms with E-state index >= 15 is 0 Å². The van der Waals surface area contributed by atoms with E-state index in [1.54, 1.807) is 0 Å². The molecule has 2 rings (SSSR count). The van der Waals surface area contributed by atoms with Crippen LogP contribution in [0, 0.1) is 11.8 Å². The average Bonchev–Trinajstić information content (AvgIpc) is 2.39. The highest BCUT2D eigenvalue weighted by molar-refractivity contribution is 14.0. The lowest BCUT2D eigenvalue weighted by molar-refractivity contribution is 0.295. The van der Waals surface area contributed by atoms with Crippen molar-refractivity contribution in [3.8, 4) is 0 Å². The fourth-order valence-corrected chi connectivity index (χ4v) is 3.53. The van der Waals surface area contributed by atoms with Gasteiger partial charge in [0.25, 0.3) is 0 Å². The maximum absolute atomic E-state index is 6.06. The molecule has 0 radical (unpaired) electrons. The first kappa shape index (κ1) is 16.4. The quantitative estimate of drug-likeness (QED) is 0.453. The highest BCUT2D eigenvalue weighted by Crippen LogP contribution is 2.28. The van der Waals surface area contributed by atoms with Crippen LogP contribution in [0.15, 0.2) is 4.99 Å². The molecule has 0 bridgehead atoms. The van der Waals surface area contributed by atoms with Crippen LogP contribution in [-0.2, 0) is 0 Å². The van der Waals surface area contributed by atoms with E-state index in [1.807, 2.05) is 11.8 Å². The maximum atomic E-state index is 6.06. The Morgan fingerprint density at radius 3 is 2.44 bits per heavy atom. The van der Waals surface area contributed by atoms with Gasteiger partial charge in [0.15, 0.2) is 5.96 Å².